The molecule has 0 unspecified atom stereocenters. The van der Waals surface area contributed by atoms with E-state index in [-0.39, 0.29) is 16.8 Å². The minimum atomic E-state index is -3.69. The van der Waals surface area contributed by atoms with Gasteiger partial charge in [-0.05, 0) is 68.3 Å². The molecular formula is C18H19ClN2O3S. The molecule has 0 spiro atoms. The van der Waals surface area contributed by atoms with E-state index in [1.54, 1.807) is 30.3 Å². The molecule has 0 radical (unpaired) electrons. The fourth-order valence-corrected chi connectivity index (χ4v) is 4.91. The van der Waals surface area contributed by atoms with Crippen molar-refractivity contribution in [1.82, 2.24) is 5.32 Å². The van der Waals surface area contributed by atoms with Crippen molar-refractivity contribution in [2.75, 3.05) is 10.8 Å². The maximum Gasteiger partial charge on any atom is 0.264 e. The molecule has 2 aromatic rings. The minimum Gasteiger partial charge on any atom is -0.352 e. The maximum absolute atomic E-state index is 13.0. The summed E-state index contributed by atoms with van der Waals surface area (Å²) >= 11 is 5.86. The highest BCUT2D eigenvalue weighted by Gasteiger charge is 2.36. The molecule has 1 N–H and O–H groups in total. The SMILES string of the molecule is CCNC(=O)c1ccc2c(c1)C[C@H](C)N2S(=O)(=O)c1ccc(Cl)cc1. The number of sulfonamides is 1. The van der Waals surface area contributed by atoms with Crippen LogP contribution in [0.3, 0.4) is 0 Å². The zero-order valence-corrected chi connectivity index (χ0v) is 15.6. The number of hydrogen-bond acceptors (Lipinski definition) is 3. The predicted octanol–water partition coefficient (Wildman–Crippen LogP) is 3.23. The molecule has 1 amide bonds. The fourth-order valence-electron chi connectivity index (χ4n) is 3.09. The summed E-state index contributed by atoms with van der Waals surface area (Å²) in [6.45, 7) is 4.26. The van der Waals surface area contributed by atoms with Gasteiger partial charge in [0.05, 0.1) is 10.6 Å². The van der Waals surface area contributed by atoms with Gasteiger partial charge in [0, 0.05) is 23.2 Å². The van der Waals surface area contributed by atoms with E-state index < -0.39 is 10.0 Å². The Hall–Kier alpha value is -2.05. The number of hydrogen-bond donors (Lipinski definition) is 1. The fraction of sp³-hybridized carbons (Fsp3) is 0.278. The lowest BCUT2D eigenvalue weighted by molar-refractivity contribution is 0.0955. The molecule has 1 aliphatic rings. The molecule has 7 heteroatoms. The molecule has 0 saturated heterocycles. The number of benzene rings is 2. The van der Waals surface area contributed by atoms with Gasteiger partial charge in [-0.3, -0.25) is 9.10 Å². The van der Waals surface area contributed by atoms with Crippen molar-refractivity contribution < 1.29 is 13.2 Å². The van der Waals surface area contributed by atoms with Crippen LogP contribution in [-0.2, 0) is 16.4 Å². The van der Waals surface area contributed by atoms with Gasteiger partial charge in [0.15, 0.2) is 0 Å². The van der Waals surface area contributed by atoms with E-state index in [4.69, 9.17) is 11.6 Å². The highest BCUT2D eigenvalue weighted by molar-refractivity contribution is 7.92. The third-order valence-electron chi connectivity index (χ3n) is 4.20. The van der Waals surface area contributed by atoms with Crippen molar-refractivity contribution in [3.05, 3.63) is 58.6 Å². The van der Waals surface area contributed by atoms with Gasteiger partial charge in [-0.1, -0.05) is 11.6 Å². The number of amides is 1. The second-order valence-electron chi connectivity index (χ2n) is 6.01. The summed E-state index contributed by atoms with van der Waals surface area (Å²) in [5, 5.41) is 3.24. The highest BCUT2D eigenvalue weighted by Crippen LogP contribution is 2.37. The van der Waals surface area contributed by atoms with Crippen LogP contribution in [-0.4, -0.2) is 26.9 Å². The van der Waals surface area contributed by atoms with Gasteiger partial charge in [-0.2, -0.15) is 0 Å². The van der Waals surface area contributed by atoms with Crippen molar-refractivity contribution in [3.63, 3.8) is 0 Å². The molecule has 1 aliphatic heterocycles. The molecule has 0 bridgehead atoms. The van der Waals surface area contributed by atoms with E-state index in [1.807, 2.05) is 13.8 Å². The number of carbonyl (C=O) groups excluding carboxylic acids is 1. The summed E-state index contributed by atoms with van der Waals surface area (Å²) in [4.78, 5) is 12.2. The van der Waals surface area contributed by atoms with Crippen LogP contribution in [0.4, 0.5) is 5.69 Å². The average Bonchev–Trinajstić information content (AvgIpc) is 2.91. The zero-order valence-electron chi connectivity index (χ0n) is 14.0. The van der Waals surface area contributed by atoms with Crippen LogP contribution < -0.4 is 9.62 Å². The van der Waals surface area contributed by atoms with Crippen LogP contribution in [0.5, 0.6) is 0 Å². The van der Waals surface area contributed by atoms with Gasteiger partial charge in [-0.15, -0.1) is 0 Å². The molecule has 0 aromatic heterocycles. The first-order valence-corrected chi connectivity index (χ1v) is 9.87. The van der Waals surface area contributed by atoms with Crippen molar-refractivity contribution in [2.24, 2.45) is 0 Å². The molecule has 1 atom stereocenters. The van der Waals surface area contributed by atoms with Gasteiger partial charge in [0.1, 0.15) is 0 Å². The standard InChI is InChI=1S/C18H19ClN2O3S/c1-3-20-18(22)13-4-9-17-14(11-13)10-12(2)21(17)25(23,24)16-7-5-15(19)6-8-16/h4-9,11-12H,3,10H2,1-2H3,(H,20,22)/t12-/m0/s1. The van der Waals surface area contributed by atoms with Crippen LogP contribution >= 0.6 is 11.6 Å². The predicted molar refractivity (Wildman–Crippen MR) is 98.7 cm³/mol. The van der Waals surface area contributed by atoms with E-state index in [9.17, 15) is 13.2 Å². The van der Waals surface area contributed by atoms with Crippen molar-refractivity contribution >= 4 is 33.2 Å². The Morgan fingerprint density at radius 2 is 1.92 bits per heavy atom. The van der Waals surface area contributed by atoms with Gasteiger partial charge >= 0.3 is 0 Å². The third-order valence-corrected chi connectivity index (χ3v) is 6.40. The largest absolute Gasteiger partial charge is 0.352 e. The van der Waals surface area contributed by atoms with Crippen molar-refractivity contribution in [3.8, 4) is 0 Å². The number of rotatable bonds is 4. The highest BCUT2D eigenvalue weighted by atomic mass is 35.5. The van der Waals surface area contributed by atoms with Gasteiger partial charge in [-0.25, -0.2) is 8.42 Å². The van der Waals surface area contributed by atoms with Crippen LogP contribution in [0.2, 0.25) is 5.02 Å². The van der Waals surface area contributed by atoms with E-state index in [1.165, 1.54) is 16.4 Å². The van der Waals surface area contributed by atoms with Crippen LogP contribution in [0.1, 0.15) is 29.8 Å². The Balaban J connectivity index is 2.00. The first kappa shape index (κ1) is 17.8. The first-order chi connectivity index (χ1) is 11.8. The molecule has 0 saturated carbocycles. The summed E-state index contributed by atoms with van der Waals surface area (Å²) in [5.74, 6) is -0.156. The van der Waals surface area contributed by atoms with Gasteiger partial charge in [0.2, 0.25) is 0 Å². The molecule has 132 valence electrons. The first-order valence-electron chi connectivity index (χ1n) is 8.05. The lowest BCUT2D eigenvalue weighted by atomic mass is 10.1. The van der Waals surface area contributed by atoms with Gasteiger partial charge < -0.3 is 5.32 Å². The van der Waals surface area contributed by atoms with Gasteiger partial charge in [0.25, 0.3) is 15.9 Å². The van der Waals surface area contributed by atoms with E-state index in [0.717, 1.165) is 5.56 Å². The number of fused-ring (bicyclic) bond motifs is 1. The van der Waals surface area contributed by atoms with Crippen LogP contribution in [0.15, 0.2) is 47.4 Å². The van der Waals surface area contributed by atoms with Crippen LogP contribution in [0.25, 0.3) is 0 Å². The van der Waals surface area contributed by atoms with Crippen LogP contribution in [0, 0.1) is 0 Å². The summed E-state index contributed by atoms with van der Waals surface area (Å²) in [6.07, 6.45) is 0.565. The van der Waals surface area contributed by atoms with Crippen molar-refractivity contribution in [1.29, 1.82) is 0 Å². The van der Waals surface area contributed by atoms with E-state index in [2.05, 4.69) is 5.32 Å². The van der Waals surface area contributed by atoms with E-state index >= 15 is 0 Å². The zero-order chi connectivity index (χ0) is 18.2. The maximum atomic E-state index is 13.0. The minimum absolute atomic E-state index is 0.156. The Kier molecular flexibility index (Phi) is 4.75. The summed E-state index contributed by atoms with van der Waals surface area (Å²) in [5.41, 5.74) is 2.02. The summed E-state index contributed by atoms with van der Waals surface area (Å²) in [6, 6.07) is 11.1. The number of anilines is 1. The second kappa shape index (κ2) is 6.69. The number of nitrogens with zero attached hydrogens (tertiary/aromatic N) is 1. The lowest BCUT2D eigenvalue weighted by Gasteiger charge is -2.24. The summed E-state index contributed by atoms with van der Waals surface area (Å²) < 4.78 is 27.5. The molecule has 5 nitrogen and oxygen atoms in total. The molecular weight excluding hydrogens is 360 g/mol. The number of carbonyl (C=O) groups is 1. The lowest BCUT2D eigenvalue weighted by Crippen LogP contribution is -2.35. The summed E-state index contributed by atoms with van der Waals surface area (Å²) in [7, 11) is -3.69. The molecule has 2 aromatic carbocycles. The second-order valence-corrected chi connectivity index (χ2v) is 8.26. The normalized spacial score (nSPS) is 16.6. The quantitative estimate of drug-likeness (QED) is 0.888. The van der Waals surface area contributed by atoms with E-state index in [0.29, 0.717) is 29.2 Å². The Bertz CT molecular complexity index is 910. The molecule has 3 rings (SSSR count). The molecule has 0 aliphatic carbocycles. The Morgan fingerprint density at radius 3 is 2.56 bits per heavy atom. The smallest absolute Gasteiger partial charge is 0.264 e. The average molecular weight is 379 g/mol. The Morgan fingerprint density at radius 1 is 1.24 bits per heavy atom. The Labute approximate surface area is 152 Å². The van der Waals surface area contributed by atoms with Crippen molar-refractivity contribution in [2.45, 2.75) is 31.2 Å². The number of halogens is 1. The number of nitrogens with one attached hydrogen (secondary N) is 1. The topological polar surface area (TPSA) is 66.5 Å². The monoisotopic (exact) mass is 378 g/mol. The molecule has 25 heavy (non-hydrogen) atoms. The molecule has 1 heterocycles. The third kappa shape index (κ3) is 3.24. The molecule has 0 fully saturated rings.